The van der Waals surface area contributed by atoms with Gasteiger partial charge in [0.2, 0.25) is 0 Å². The maximum atomic E-state index is 11.9. The second-order valence-corrected chi connectivity index (χ2v) is 11.6. The molecular weight excluding hydrogens is 360 g/mol. The van der Waals surface area contributed by atoms with E-state index in [0.29, 0.717) is 29.8 Å². The van der Waals surface area contributed by atoms with E-state index >= 15 is 0 Å². The molecule has 4 aliphatic carbocycles. The van der Waals surface area contributed by atoms with Gasteiger partial charge in [0.1, 0.15) is 0 Å². The average molecular weight is 405 g/mol. The number of esters is 1. The van der Waals surface area contributed by atoms with E-state index < -0.39 is 0 Å². The summed E-state index contributed by atoms with van der Waals surface area (Å²) in [6.45, 7) is 9.97. The van der Waals surface area contributed by atoms with E-state index in [1.807, 2.05) is 6.92 Å². The highest BCUT2D eigenvalue weighted by Crippen LogP contribution is 2.68. The van der Waals surface area contributed by atoms with Crippen molar-refractivity contribution in [2.24, 2.45) is 46.3 Å². The number of hydrogen-bond donors (Lipinski definition) is 1. The summed E-state index contributed by atoms with van der Waals surface area (Å²) >= 11 is 0. The van der Waals surface area contributed by atoms with Crippen LogP contribution in [0.4, 0.5) is 0 Å². The molecule has 3 nitrogen and oxygen atoms in total. The third-order valence-electron chi connectivity index (χ3n) is 10.5. The van der Waals surface area contributed by atoms with Crippen LogP contribution in [-0.4, -0.2) is 23.8 Å². The fourth-order valence-corrected chi connectivity index (χ4v) is 8.99. The molecule has 0 amide bonds. The van der Waals surface area contributed by atoms with Crippen molar-refractivity contribution >= 4 is 5.97 Å². The van der Waals surface area contributed by atoms with Crippen molar-refractivity contribution in [3.05, 3.63) is 0 Å². The predicted octanol–water partition coefficient (Wildman–Crippen LogP) is 5.99. The Labute approximate surface area is 178 Å². The lowest BCUT2D eigenvalue weighted by Gasteiger charge is -2.61. The third-order valence-corrected chi connectivity index (χ3v) is 10.5. The van der Waals surface area contributed by atoms with Crippen LogP contribution >= 0.6 is 0 Å². The summed E-state index contributed by atoms with van der Waals surface area (Å²) < 4.78 is 5.17. The van der Waals surface area contributed by atoms with Crippen LogP contribution < -0.4 is 0 Å². The molecule has 0 spiro atoms. The standard InChI is InChI=1S/C26H44O3/c1-5-29-24(28)11-6-17(2)21-9-10-22-20-8-7-18-16-19(27)12-14-25(18,3)23(20)13-15-26(21,22)4/h17-23,27H,5-16H2,1-4H3/t17-,18-,19+,20+,21-,22+,23+,25+,26-/m1/s1. The van der Waals surface area contributed by atoms with Crippen LogP contribution in [0.25, 0.3) is 0 Å². The molecule has 29 heavy (non-hydrogen) atoms. The van der Waals surface area contributed by atoms with Gasteiger partial charge in [-0.25, -0.2) is 0 Å². The van der Waals surface area contributed by atoms with E-state index in [1.54, 1.807) is 0 Å². The number of aliphatic hydroxyl groups is 1. The molecule has 4 fully saturated rings. The molecule has 0 heterocycles. The lowest BCUT2D eigenvalue weighted by Crippen LogP contribution is -2.54. The average Bonchev–Trinajstić information content (AvgIpc) is 3.04. The first-order valence-corrected chi connectivity index (χ1v) is 12.6. The van der Waals surface area contributed by atoms with Crippen molar-refractivity contribution in [3.8, 4) is 0 Å². The number of carbonyl (C=O) groups excluding carboxylic acids is 1. The van der Waals surface area contributed by atoms with Crippen LogP contribution in [0, 0.1) is 46.3 Å². The van der Waals surface area contributed by atoms with Crippen molar-refractivity contribution in [2.45, 2.75) is 104 Å². The first-order chi connectivity index (χ1) is 13.8. The molecule has 0 aromatic rings. The van der Waals surface area contributed by atoms with E-state index in [9.17, 15) is 9.90 Å². The molecular formula is C26H44O3. The van der Waals surface area contributed by atoms with Gasteiger partial charge in [-0.15, -0.1) is 0 Å². The Bertz CT molecular complexity index is 603. The minimum absolute atomic E-state index is 0.0199. The molecule has 0 bridgehead atoms. The molecule has 4 saturated carbocycles. The van der Waals surface area contributed by atoms with Crippen LogP contribution in [0.15, 0.2) is 0 Å². The fourth-order valence-electron chi connectivity index (χ4n) is 8.99. The SMILES string of the molecule is CCOC(=O)CC[C@@H](C)[C@H]1CC[C@H]2[C@@H]3CC[C@@H]4C[C@@H](O)CC[C@]4(C)[C@H]3CC[C@]12C. The van der Waals surface area contributed by atoms with Crippen LogP contribution in [-0.2, 0) is 9.53 Å². The molecule has 4 rings (SSSR count). The smallest absolute Gasteiger partial charge is 0.305 e. The third kappa shape index (κ3) is 3.68. The Morgan fingerprint density at radius 1 is 1.03 bits per heavy atom. The van der Waals surface area contributed by atoms with Crippen LogP contribution in [0.1, 0.15) is 98.3 Å². The topological polar surface area (TPSA) is 46.5 Å². The zero-order chi connectivity index (χ0) is 20.8. The number of fused-ring (bicyclic) bond motifs is 5. The van der Waals surface area contributed by atoms with Crippen molar-refractivity contribution in [1.29, 1.82) is 0 Å². The quantitative estimate of drug-likeness (QED) is 0.573. The normalized spacial score (nSPS) is 47.6. The molecule has 166 valence electrons. The highest BCUT2D eigenvalue weighted by atomic mass is 16.5. The molecule has 4 aliphatic rings. The maximum Gasteiger partial charge on any atom is 0.305 e. The van der Waals surface area contributed by atoms with E-state index in [4.69, 9.17) is 4.74 Å². The predicted molar refractivity (Wildman–Crippen MR) is 116 cm³/mol. The van der Waals surface area contributed by atoms with Gasteiger partial charge in [0, 0.05) is 6.42 Å². The molecule has 0 unspecified atom stereocenters. The van der Waals surface area contributed by atoms with Gasteiger partial charge in [-0.05, 0) is 117 Å². The summed E-state index contributed by atoms with van der Waals surface area (Å²) in [7, 11) is 0. The molecule has 3 heteroatoms. The summed E-state index contributed by atoms with van der Waals surface area (Å²) in [4.78, 5) is 11.9. The fraction of sp³-hybridized carbons (Fsp3) is 0.962. The Hall–Kier alpha value is -0.570. The number of aliphatic hydroxyl groups excluding tert-OH is 1. The summed E-state index contributed by atoms with van der Waals surface area (Å²) in [5.41, 5.74) is 0.934. The molecule has 0 radical (unpaired) electrons. The Balaban J connectivity index is 1.45. The summed E-state index contributed by atoms with van der Waals surface area (Å²) in [6, 6.07) is 0. The summed E-state index contributed by atoms with van der Waals surface area (Å²) in [6.07, 6.45) is 13.1. The molecule has 1 N–H and O–H groups in total. The van der Waals surface area contributed by atoms with Crippen molar-refractivity contribution in [3.63, 3.8) is 0 Å². The van der Waals surface area contributed by atoms with Gasteiger partial charge in [0.05, 0.1) is 12.7 Å². The second kappa shape index (κ2) is 8.17. The van der Waals surface area contributed by atoms with E-state index in [1.165, 1.54) is 44.9 Å². The summed E-state index contributed by atoms with van der Waals surface area (Å²) in [5.74, 6) is 4.75. The maximum absolute atomic E-state index is 11.9. The van der Waals surface area contributed by atoms with E-state index in [-0.39, 0.29) is 12.1 Å². The lowest BCUT2D eigenvalue weighted by molar-refractivity contribution is -0.144. The van der Waals surface area contributed by atoms with Gasteiger partial charge >= 0.3 is 5.97 Å². The highest BCUT2D eigenvalue weighted by molar-refractivity contribution is 5.69. The zero-order valence-corrected chi connectivity index (χ0v) is 19.3. The van der Waals surface area contributed by atoms with Gasteiger partial charge in [0.25, 0.3) is 0 Å². The Morgan fingerprint density at radius 2 is 1.76 bits per heavy atom. The lowest BCUT2D eigenvalue weighted by atomic mass is 9.44. The summed E-state index contributed by atoms with van der Waals surface area (Å²) in [5, 5.41) is 10.2. The van der Waals surface area contributed by atoms with Crippen LogP contribution in [0.2, 0.25) is 0 Å². The largest absolute Gasteiger partial charge is 0.466 e. The molecule has 9 atom stereocenters. The minimum atomic E-state index is -0.0467. The van der Waals surface area contributed by atoms with Crippen molar-refractivity contribution in [2.75, 3.05) is 6.61 Å². The molecule has 0 aromatic heterocycles. The van der Waals surface area contributed by atoms with E-state index in [0.717, 1.165) is 48.9 Å². The van der Waals surface area contributed by atoms with Crippen molar-refractivity contribution in [1.82, 2.24) is 0 Å². The van der Waals surface area contributed by atoms with Gasteiger partial charge in [0.15, 0.2) is 0 Å². The monoisotopic (exact) mass is 404 g/mol. The van der Waals surface area contributed by atoms with Gasteiger partial charge < -0.3 is 9.84 Å². The number of carbonyl (C=O) groups is 1. The number of ether oxygens (including phenoxy) is 1. The number of hydrogen-bond acceptors (Lipinski definition) is 3. The van der Waals surface area contributed by atoms with Crippen LogP contribution in [0.5, 0.6) is 0 Å². The number of rotatable bonds is 5. The first-order valence-electron chi connectivity index (χ1n) is 12.6. The van der Waals surface area contributed by atoms with Gasteiger partial charge in [-0.3, -0.25) is 4.79 Å². The van der Waals surface area contributed by atoms with Crippen molar-refractivity contribution < 1.29 is 14.6 Å². The molecule has 0 aromatic carbocycles. The second-order valence-electron chi connectivity index (χ2n) is 11.6. The Morgan fingerprint density at radius 3 is 2.52 bits per heavy atom. The molecule has 0 aliphatic heterocycles. The Kier molecular flexibility index (Phi) is 6.10. The van der Waals surface area contributed by atoms with Gasteiger partial charge in [-0.2, -0.15) is 0 Å². The minimum Gasteiger partial charge on any atom is -0.466 e. The van der Waals surface area contributed by atoms with Crippen LogP contribution in [0.3, 0.4) is 0 Å². The molecule has 0 saturated heterocycles. The highest BCUT2D eigenvalue weighted by Gasteiger charge is 2.60. The first kappa shape index (κ1) is 21.7. The van der Waals surface area contributed by atoms with Gasteiger partial charge in [-0.1, -0.05) is 20.8 Å². The zero-order valence-electron chi connectivity index (χ0n) is 19.3. The van der Waals surface area contributed by atoms with E-state index in [2.05, 4.69) is 20.8 Å².